The van der Waals surface area contributed by atoms with Crippen molar-refractivity contribution in [3.63, 3.8) is 0 Å². The molecule has 37 heavy (non-hydrogen) atoms. The van der Waals surface area contributed by atoms with E-state index in [-0.39, 0.29) is 11.7 Å². The fourth-order valence-electron chi connectivity index (χ4n) is 4.65. The first kappa shape index (κ1) is 24.7. The first-order valence-corrected chi connectivity index (χ1v) is 12.8. The first-order chi connectivity index (χ1) is 18.0. The van der Waals surface area contributed by atoms with E-state index in [1.807, 2.05) is 53.4 Å². The number of nitrogens with two attached hydrogens (primary N) is 1. The first-order valence-electron chi connectivity index (χ1n) is 12.4. The summed E-state index contributed by atoms with van der Waals surface area (Å²) in [6, 6.07) is 17.4. The Bertz CT molecular complexity index is 1450. The summed E-state index contributed by atoms with van der Waals surface area (Å²) in [6.07, 6.45) is 6.72. The molecule has 7 nitrogen and oxygen atoms in total. The minimum absolute atomic E-state index is 0.0363. The molecule has 1 amide bonds. The maximum Gasteiger partial charge on any atom is 0.226 e. The molecule has 1 fully saturated rings. The Morgan fingerprint density at radius 1 is 1.03 bits per heavy atom. The average molecular weight is 514 g/mol. The van der Waals surface area contributed by atoms with Gasteiger partial charge < -0.3 is 16.0 Å². The molecule has 0 unspecified atom stereocenters. The van der Waals surface area contributed by atoms with Crippen LogP contribution in [0.2, 0.25) is 5.02 Å². The Morgan fingerprint density at radius 3 is 2.65 bits per heavy atom. The highest BCUT2D eigenvalue weighted by atomic mass is 35.5. The number of aromatic nitrogens is 2. The molecule has 0 saturated carbocycles. The standard InChI is InChI=1S/C29H28ClN5O2/c30-22-16-25(26(36)11-7-19-6-10-24-21(15-19)12-13-32-28(24)31)29(34-18-22)33-17-20-4-8-23(9-5-20)35-14-2-1-3-27(35)37/h4-6,8-10,12-13,15-16,18H,1-3,7,11,14,17H2,(H2,31,32)(H,33,34). The van der Waals surface area contributed by atoms with Gasteiger partial charge in [-0.2, -0.15) is 0 Å². The number of halogens is 1. The number of hydrogen-bond acceptors (Lipinski definition) is 6. The number of aryl methyl sites for hydroxylation is 1. The Balaban J connectivity index is 1.24. The summed E-state index contributed by atoms with van der Waals surface area (Å²) >= 11 is 6.19. The molecular weight excluding hydrogens is 486 g/mol. The molecule has 0 atom stereocenters. The van der Waals surface area contributed by atoms with Gasteiger partial charge >= 0.3 is 0 Å². The van der Waals surface area contributed by atoms with Crippen molar-refractivity contribution in [3.05, 3.63) is 88.7 Å². The van der Waals surface area contributed by atoms with Gasteiger partial charge in [-0.1, -0.05) is 41.9 Å². The van der Waals surface area contributed by atoms with Crippen LogP contribution < -0.4 is 16.0 Å². The van der Waals surface area contributed by atoms with E-state index in [2.05, 4.69) is 15.3 Å². The molecule has 5 rings (SSSR count). The van der Waals surface area contributed by atoms with E-state index in [1.54, 1.807) is 12.3 Å². The van der Waals surface area contributed by atoms with E-state index in [0.717, 1.165) is 47.0 Å². The van der Waals surface area contributed by atoms with Crippen LogP contribution in [0, 0.1) is 0 Å². The third kappa shape index (κ3) is 5.73. The second kappa shape index (κ2) is 11.0. The van der Waals surface area contributed by atoms with E-state index in [1.165, 1.54) is 6.20 Å². The molecule has 0 radical (unpaired) electrons. The molecule has 8 heteroatoms. The Kier molecular flexibility index (Phi) is 7.32. The van der Waals surface area contributed by atoms with Gasteiger partial charge in [0, 0.05) is 49.4 Å². The van der Waals surface area contributed by atoms with Gasteiger partial charge in [-0.05, 0) is 60.0 Å². The van der Waals surface area contributed by atoms with Gasteiger partial charge in [0.2, 0.25) is 5.91 Å². The number of rotatable bonds is 8. The van der Waals surface area contributed by atoms with Gasteiger partial charge in [-0.15, -0.1) is 0 Å². The van der Waals surface area contributed by atoms with Crippen molar-refractivity contribution in [1.29, 1.82) is 0 Å². The summed E-state index contributed by atoms with van der Waals surface area (Å²) in [5.41, 5.74) is 9.40. The zero-order chi connectivity index (χ0) is 25.8. The summed E-state index contributed by atoms with van der Waals surface area (Å²) in [7, 11) is 0. The Morgan fingerprint density at radius 2 is 1.84 bits per heavy atom. The molecule has 2 aromatic heterocycles. The normalized spacial score (nSPS) is 13.6. The third-order valence-corrected chi connectivity index (χ3v) is 6.89. The van der Waals surface area contributed by atoms with Crippen molar-refractivity contribution in [1.82, 2.24) is 9.97 Å². The van der Waals surface area contributed by atoms with Gasteiger partial charge in [0.15, 0.2) is 5.78 Å². The molecule has 2 aromatic carbocycles. The predicted octanol–water partition coefficient (Wildman–Crippen LogP) is 5.81. The molecule has 4 aromatic rings. The largest absolute Gasteiger partial charge is 0.383 e. The van der Waals surface area contributed by atoms with Crippen molar-refractivity contribution in [2.24, 2.45) is 0 Å². The van der Waals surface area contributed by atoms with Gasteiger partial charge in [-0.3, -0.25) is 9.59 Å². The highest BCUT2D eigenvalue weighted by Crippen LogP contribution is 2.25. The molecule has 3 N–H and O–H groups in total. The zero-order valence-corrected chi connectivity index (χ0v) is 21.2. The van der Waals surface area contributed by atoms with Crippen molar-refractivity contribution in [2.75, 3.05) is 22.5 Å². The van der Waals surface area contributed by atoms with E-state index in [4.69, 9.17) is 17.3 Å². The topological polar surface area (TPSA) is 101 Å². The molecule has 0 bridgehead atoms. The lowest BCUT2D eigenvalue weighted by molar-refractivity contribution is -0.119. The summed E-state index contributed by atoms with van der Waals surface area (Å²) in [5, 5.41) is 5.60. The number of benzene rings is 2. The molecule has 188 valence electrons. The summed E-state index contributed by atoms with van der Waals surface area (Å²) in [4.78, 5) is 35.7. The van der Waals surface area contributed by atoms with E-state index < -0.39 is 0 Å². The van der Waals surface area contributed by atoms with Crippen molar-refractivity contribution >= 4 is 51.4 Å². The summed E-state index contributed by atoms with van der Waals surface area (Å²) < 4.78 is 0. The predicted molar refractivity (Wildman–Crippen MR) is 148 cm³/mol. The number of fused-ring (bicyclic) bond motifs is 1. The maximum atomic E-state index is 13.2. The van der Waals surface area contributed by atoms with E-state index in [9.17, 15) is 9.59 Å². The number of carbonyl (C=O) groups is 2. The number of nitrogens with one attached hydrogen (secondary N) is 1. The number of carbonyl (C=O) groups excluding carboxylic acids is 2. The molecule has 1 saturated heterocycles. The van der Waals surface area contributed by atoms with Crippen molar-refractivity contribution < 1.29 is 9.59 Å². The minimum Gasteiger partial charge on any atom is -0.383 e. The number of nitrogens with zero attached hydrogens (tertiary/aromatic N) is 3. The second-order valence-corrected chi connectivity index (χ2v) is 9.68. The Labute approximate surface area is 220 Å². The average Bonchev–Trinajstić information content (AvgIpc) is 2.92. The van der Waals surface area contributed by atoms with Crippen LogP contribution in [-0.2, 0) is 17.8 Å². The lowest BCUT2D eigenvalue weighted by Gasteiger charge is -2.26. The number of ketones is 1. The van der Waals surface area contributed by atoms with E-state index in [0.29, 0.717) is 48.0 Å². The number of pyridine rings is 2. The lowest BCUT2D eigenvalue weighted by Crippen LogP contribution is -2.35. The molecule has 3 heterocycles. The van der Waals surface area contributed by atoms with Gasteiger partial charge in [0.25, 0.3) is 0 Å². The summed E-state index contributed by atoms with van der Waals surface area (Å²) in [5.74, 6) is 1.14. The number of anilines is 3. The molecule has 1 aliphatic heterocycles. The minimum atomic E-state index is -0.0363. The SMILES string of the molecule is Nc1nccc2cc(CCC(=O)c3cc(Cl)cnc3NCc3ccc(N4CCCCC4=O)cc3)ccc12. The van der Waals surface area contributed by atoms with Crippen LogP contribution in [0.4, 0.5) is 17.3 Å². The number of hydrogen-bond donors (Lipinski definition) is 2. The fraction of sp³-hybridized carbons (Fsp3) is 0.241. The molecule has 0 spiro atoms. The number of Topliss-reactive ketones (excluding diaryl/α,β-unsaturated/α-hetero) is 1. The van der Waals surface area contributed by atoms with Gasteiger partial charge in [0.05, 0.1) is 10.6 Å². The van der Waals surface area contributed by atoms with Crippen LogP contribution >= 0.6 is 11.6 Å². The zero-order valence-electron chi connectivity index (χ0n) is 20.4. The monoisotopic (exact) mass is 513 g/mol. The molecule has 1 aliphatic rings. The van der Waals surface area contributed by atoms with Crippen LogP contribution in [0.3, 0.4) is 0 Å². The van der Waals surface area contributed by atoms with Crippen molar-refractivity contribution in [3.8, 4) is 0 Å². The maximum absolute atomic E-state index is 13.2. The molecule has 0 aliphatic carbocycles. The fourth-order valence-corrected chi connectivity index (χ4v) is 4.81. The number of amides is 1. The smallest absolute Gasteiger partial charge is 0.226 e. The van der Waals surface area contributed by atoms with Crippen LogP contribution in [0.15, 0.2) is 67.0 Å². The van der Waals surface area contributed by atoms with Crippen LogP contribution in [0.25, 0.3) is 10.8 Å². The highest BCUT2D eigenvalue weighted by molar-refractivity contribution is 6.31. The Hall–Kier alpha value is -3.97. The van der Waals surface area contributed by atoms with Crippen molar-refractivity contribution in [2.45, 2.75) is 38.6 Å². The van der Waals surface area contributed by atoms with Crippen LogP contribution in [0.1, 0.15) is 47.2 Å². The van der Waals surface area contributed by atoms with Crippen LogP contribution in [-0.4, -0.2) is 28.2 Å². The third-order valence-electron chi connectivity index (χ3n) is 6.69. The second-order valence-electron chi connectivity index (χ2n) is 9.25. The highest BCUT2D eigenvalue weighted by Gasteiger charge is 2.19. The van der Waals surface area contributed by atoms with E-state index >= 15 is 0 Å². The lowest BCUT2D eigenvalue weighted by atomic mass is 10.0. The molecular formula is C29H28ClN5O2. The summed E-state index contributed by atoms with van der Waals surface area (Å²) in [6.45, 7) is 1.25. The quantitative estimate of drug-likeness (QED) is 0.288. The van der Waals surface area contributed by atoms with Crippen LogP contribution in [0.5, 0.6) is 0 Å². The number of nitrogen functional groups attached to an aromatic ring is 1. The van der Waals surface area contributed by atoms with Gasteiger partial charge in [-0.25, -0.2) is 9.97 Å². The number of piperidine rings is 1. The van der Waals surface area contributed by atoms with Gasteiger partial charge in [0.1, 0.15) is 11.6 Å².